The van der Waals surface area contributed by atoms with Crippen LogP contribution in [0.4, 0.5) is 0 Å². The molecule has 1 saturated heterocycles. The van der Waals surface area contributed by atoms with Crippen LogP contribution in [0.1, 0.15) is 56.4 Å². The largest absolute Gasteiger partial charge is 0.487 e. The first-order valence-electron chi connectivity index (χ1n) is 12.7. The van der Waals surface area contributed by atoms with Crippen LogP contribution in [-0.4, -0.2) is 22.6 Å². The second-order valence-corrected chi connectivity index (χ2v) is 10.6. The number of para-hydroxylation sites is 1. The fourth-order valence-electron chi connectivity index (χ4n) is 5.44. The van der Waals surface area contributed by atoms with Gasteiger partial charge in [-0.05, 0) is 50.8 Å². The van der Waals surface area contributed by atoms with Crippen molar-refractivity contribution in [2.45, 2.75) is 64.0 Å². The van der Waals surface area contributed by atoms with Crippen molar-refractivity contribution in [1.82, 2.24) is 4.90 Å². The Morgan fingerprint density at radius 1 is 0.829 bits per heavy atom. The summed E-state index contributed by atoms with van der Waals surface area (Å²) in [5.74, 6) is 8.29. The molecular formula is C32H35NO2. The molecule has 2 aliphatic rings. The van der Waals surface area contributed by atoms with Gasteiger partial charge in [0.25, 0.3) is 0 Å². The monoisotopic (exact) mass is 465 g/mol. The molecule has 3 nitrogen and oxygen atoms in total. The Bertz CT molecular complexity index is 1150. The minimum absolute atomic E-state index is 0.00717. The number of rotatable bonds is 5. The molecular weight excluding hydrogens is 430 g/mol. The van der Waals surface area contributed by atoms with E-state index in [-0.39, 0.29) is 11.7 Å². The van der Waals surface area contributed by atoms with Crippen LogP contribution in [0.3, 0.4) is 0 Å². The zero-order chi connectivity index (χ0) is 24.3. The van der Waals surface area contributed by atoms with Crippen LogP contribution >= 0.6 is 0 Å². The van der Waals surface area contributed by atoms with E-state index >= 15 is 0 Å². The summed E-state index contributed by atoms with van der Waals surface area (Å²) in [5.41, 5.74) is 3.03. The lowest BCUT2D eigenvalue weighted by Gasteiger charge is -2.50. The number of hydrogen-bond donors (Lipinski definition) is 0. The molecule has 0 N–H and O–H groups in total. The lowest BCUT2D eigenvalue weighted by molar-refractivity contribution is -0.169. The maximum atomic E-state index is 6.79. The molecule has 0 bridgehead atoms. The first-order chi connectivity index (χ1) is 16.9. The average Bonchev–Trinajstić information content (AvgIpc) is 2.85. The second kappa shape index (κ2) is 9.90. The van der Waals surface area contributed by atoms with E-state index in [1.807, 2.05) is 6.07 Å². The quantitative estimate of drug-likeness (QED) is 0.387. The van der Waals surface area contributed by atoms with Gasteiger partial charge in [0.15, 0.2) is 0 Å². The Labute approximate surface area is 210 Å². The van der Waals surface area contributed by atoms with Gasteiger partial charge < -0.3 is 9.47 Å². The zero-order valence-electron chi connectivity index (χ0n) is 21.0. The average molecular weight is 466 g/mol. The third kappa shape index (κ3) is 5.45. The second-order valence-electron chi connectivity index (χ2n) is 10.6. The highest BCUT2D eigenvalue weighted by molar-refractivity contribution is 5.39. The first-order valence-corrected chi connectivity index (χ1v) is 12.7. The highest BCUT2D eigenvalue weighted by Crippen LogP contribution is 2.52. The summed E-state index contributed by atoms with van der Waals surface area (Å²) in [6.07, 6.45) is 1.95. The van der Waals surface area contributed by atoms with Crippen molar-refractivity contribution in [3.8, 4) is 17.6 Å². The molecule has 2 heterocycles. The molecule has 2 aliphatic heterocycles. The molecule has 5 rings (SSSR count). The number of ether oxygens (including phenoxy) is 2. The highest BCUT2D eigenvalue weighted by atomic mass is 16.5. The van der Waals surface area contributed by atoms with E-state index in [9.17, 15) is 0 Å². The molecule has 0 aromatic heterocycles. The van der Waals surface area contributed by atoms with Crippen LogP contribution in [-0.2, 0) is 17.8 Å². The third-order valence-corrected chi connectivity index (χ3v) is 7.33. The van der Waals surface area contributed by atoms with Crippen LogP contribution in [0.5, 0.6) is 5.75 Å². The van der Waals surface area contributed by atoms with Gasteiger partial charge >= 0.3 is 0 Å². The maximum Gasteiger partial charge on any atom is 0.126 e. The molecule has 0 radical (unpaired) electrons. The van der Waals surface area contributed by atoms with Crippen molar-refractivity contribution in [2.24, 2.45) is 5.92 Å². The Morgan fingerprint density at radius 3 is 2.09 bits per heavy atom. The summed E-state index contributed by atoms with van der Waals surface area (Å²) in [6.45, 7) is 8.95. The van der Waals surface area contributed by atoms with E-state index in [0.717, 1.165) is 37.2 Å². The van der Waals surface area contributed by atoms with Crippen molar-refractivity contribution in [3.63, 3.8) is 0 Å². The van der Waals surface area contributed by atoms with Crippen molar-refractivity contribution in [1.29, 1.82) is 0 Å². The van der Waals surface area contributed by atoms with Crippen LogP contribution in [0.25, 0.3) is 0 Å². The van der Waals surface area contributed by atoms with E-state index in [4.69, 9.17) is 9.47 Å². The van der Waals surface area contributed by atoms with Crippen molar-refractivity contribution in [2.75, 3.05) is 6.54 Å². The smallest absolute Gasteiger partial charge is 0.126 e. The SMILES string of the molecule is CC1(C)Oc2ccccc2[C@@H]2O[C@](C)(C#CCN(Cc3ccccc3)Cc3ccccc3)CC[C@H]21. The highest BCUT2D eigenvalue weighted by Gasteiger charge is 2.49. The summed E-state index contributed by atoms with van der Waals surface area (Å²) < 4.78 is 13.1. The van der Waals surface area contributed by atoms with Gasteiger partial charge in [0.05, 0.1) is 12.6 Å². The van der Waals surface area contributed by atoms with Crippen molar-refractivity contribution >= 4 is 0 Å². The fraction of sp³-hybridized carbons (Fsp3) is 0.375. The summed E-state index contributed by atoms with van der Waals surface area (Å²) in [7, 11) is 0. The molecule has 1 fully saturated rings. The minimum atomic E-state index is -0.465. The molecule has 0 saturated carbocycles. The molecule has 35 heavy (non-hydrogen) atoms. The predicted octanol–water partition coefficient (Wildman–Crippen LogP) is 6.79. The van der Waals surface area contributed by atoms with E-state index in [1.54, 1.807) is 0 Å². The molecule has 3 aromatic rings. The summed E-state index contributed by atoms with van der Waals surface area (Å²) >= 11 is 0. The van der Waals surface area contributed by atoms with Gasteiger partial charge in [0.2, 0.25) is 0 Å². The van der Waals surface area contributed by atoms with E-state index in [1.165, 1.54) is 11.1 Å². The summed E-state index contributed by atoms with van der Waals surface area (Å²) in [5, 5.41) is 0. The first kappa shape index (κ1) is 23.7. The lowest BCUT2D eigenvalue weighted by Crippen LogP contribution is -2.50. The van der Waals surface area contributed by atoms with Gasteiger partial charge in [-0.1, -0.05) is 90.7 Å². The minimum Gasteiger partial charge on any atom is -0.487 e. The topological polar surface area (TPSA) is 21.7 Å². The van der Waals surface area contributed by atoms with Gasteiger partial charge in [0.1, 0.15) is 17.0 Å². The number of fused-ring (bicyclic) bond motifs is 3. The zero-order valence-corrected chi connectivity index (χ0v) is 21.0. The molecule has 0 spiro atoms. The van der Waals surface area contributed by atoms with Gasteiger partial charge in [-0.2, -0.15) is 0 Å². The van der Waals surface area contributed by atoms with Gasteiger partial charge in [-0.15, -0.1) is 0 Å². The predicted molar refractivity (Wildman–Crippen MR) is 141 cm³/mol. The van der Waals surface area contributed by atoms with E-state index in [2.05, 4.69) is 116 Å². The maximum absolute atomic E-state index is 6.79. The molecule has 3 heteroatoms. The Morgan fingerprint density at radius 2 is 1.43 bits per heavy atom. The van der Waals surface area contributed by atoms with E-state index < -0.39 is 5.60 Å². The Hall–Kier alpha value is -3.06. The van der Waals surface area contributed by atoms with Gasteiger partial charge in [-0.25, -0.2) is 0 Å². The van der Waals surface area contributed by atoms with Crippen LogP contribution in [0, 0.1) is 17.8 Å². The molecule has 3 aromatic carbocycles. The van der Waals surface area contributed by atoms with Crippen molar-refractivity contribution in [3.05, 3.63) is 102 Å². The summed E-state index contributed by atoms with van der Waals surface area (Å²) in [4.78, 5) is 2.40. The Balaban J connectivity index is 1.33. The lowest BCUT2D eigenvalue weighted by atomic mass is 9.73. The fourth-order valence-corrected chi connectivity index (χ4v) is 5.44. The van der Waals surface area contributed by atoms with Gasteiger partial charge in [-0.3, -0.25) is 4.90 Å². The van der Waals surface area contributed by atoms with E-state index in [0.29, 0.717) is 12.5 Å². The van der Waals surface area contributed by atoms with Crippen LogP contribution in [0.2, 0.25) is 0 Å². The molecule has 0 amide bonds. The molecule has 180 valence electrons. The third-order valence-electron chi connectivity index (χ3n) is 7.33. The number of nitrogens with zero attached hydrogens (tertiary/aromatic N) is 1. The van der Waals surface area contributed by atoms with Crippen LogP contribution in [0.15, 0.2) is 84.9 Å². The molecule has 3 atom stereocenters. The van der Waals surface area contributed by atoms with Crippen LogP contribution < -0.4 is 4.74 Å². The molecule has 0 aliphatic carbocycles. The Kier molecular flexibility index (Phi) is 6.69. The number of benzene rings is 3. The summed E-state index contributed by atoms with van der Waals surface area (Å²) in [6, 6.07) is 29.6. The number of hydrogen-bond acceptors (Lipinski definition) is 3. The normalized spacial score (nSPS) is 24.5. The standard InChI is InChI=1S/C32H35NO2/c1-31(2)28-19-21-32(3,35-30(28)27-17-10-11-18-29(27)34-31)20-12-22-33(23-25-13-6-4-7-14-25)24-26-15-8-5-9-16-26/h4-11,13-18,28,30H,19,21-24H2,1-3H3/t28-,30+,32-/m1/s1. The van der Waals surface area contributed by atoms with Crippen molar-refractivity contribution < 1.29 is 9.47 Å². The van der Waals surface area contributed by atoms with Gasteiger partial charge in [0, 0.05) is 24.6 Å². The molecule has 0 unspecified atom stereocenters.